The molecule has 1 aromatic carbocycles. The minimum absolute atomic E-state index is 0. The van der Waals surface area contributed by atoms with E-state index in [-0.39, 0.29) is 30.1 Å². The van der Waals surface area contributed by atoms with Gasteiger partial charge in [0, 0.05) is 32.9 Å². The third kappa shape index (κ3) is 11.4. The number of aliphatic imine (C=N–C) groups is 1. The maximum Gasteiger partial charge on any atom is 0.191 e. The number of halogens is 1. The normalized spacial score (nSPS) is 12.1. The second-order valence-corrected chi connectivity index (χ2v) is 5.81. The Kier molecular flexibility index (Phi) is 15.2. The van der Waals surface area contributed by atoms with E-state index in [0.717, 1.165) is 56.4 Å². The van der Waals surface area contributed by atoms with Gasteiger partial charge in [-0.2, -0.15) is 0 Å². The van der Waals surface area contributed by atoms with Gasteiger partial charge in [-0.05, 0) is 45.2 Å². The molecule has 0 aliphatic heterocycles. The van der Waals surface area contributed by atoms with Gasteiger partial charge in [0.2, 0.25) is 0 Å². The molecule has 1 atom stereocenters. The number of unbranched alkanes of at least 4 members (excludes halogenated alkanes) is 2. The van der Waals surface area contributed by atoms with Crippen molar-refractivity contribution in [1.82, 2.24) is 10.6 Å². The highest BCUT2D eigenvalue weighted by atomic mass is 127. The van der Waals surface area contributed by atoms with Crippen LogP contribution < -0.4 is 20.1 Å². The fourth-order valence-corrected chi connectivity index (χ4v) is 2.26. The molecule has 6 nitrogen and oxygen atoms in total. The fraction of sp³-hybridized carbons (Fsp3) is 0.632. The molecule has 0 fully saturated rings. The van der Waals surface area contributed by atoms with Crippen LogP contribution in [0.3, 0.4) is 0 Å². The first-order valence-electron chi connectivity index (χ1n) is 9.01. The number of hydrogen-bond acceptors (Lipinski definition) is 4. The molecule has 1 unspecified atom stereocenters. The molecule has 0 aliphatic rings. The van der Waals surface area contributed by atoms with Gasteiger partial charge < -0.3 is 24.8 Å². The molecule has 7 heteroatoms. The smallest absolute Gasteiger partial charge is 0.191 e. The zero-order valence-electron chi connectivity index (χ0n) is 16.4. The SMILES string of the molecule is CCNC(=NCC(C)Oc1cccc(OC)c1)NCCCCCOC.I. The summed E-state index contributed by atoms with van der Waals surface area (Å²) in [4.78, 5) is 4.60. The van der Waals surface area contributed by atoms with Crippen molar-refractivity contribution in [2.75, 3.05) is 40.5 Å². The van der Waals surface area contributed by atoms with Gasteiger partial charge in [-0.3, -0.25) is 0 Å². The van der Waals surface area contributed by atoms with Crippen molar-refractivity contribution in [3.63, 3.8) is 0 Å². The summed E-state index contributed by atoms with van der Waals surface area (Å²) in [5.74, 6) is 2.41. The molecule has 1 rings (SSSR count). The van der Waals surface area contributed by atoms with Crippen LogP contribution in [-0.2, 0) is 4.74 Å². The molecule has 26 heavy (non-hydrogen) atoms. The number of benzene rings is 1. The van der Waals surface area contributed by atoms with Crippen molar-refractivity contribution in [1.29, 1.82) is 0 Å². The Morgan fingerprint density at radius 3 is 2.58 bits per heavy atom. The molecule has 0 heterocycles. The summed E-state index contributed by atoms with van der Waals surface area (Å²) in [6.45, 7) is 7.22. The Hall–Kier alpha value is -1.22. The second kappa shape index (κ2) is 16.0. The number of hydrogen-bond donors (Lipinski definition) is 2. The zero-order chi connectivity index (χ0) is 18.3. The molecule has 0 aliphatic carbocycles. The largest absolute Gasteiger partial charge is 0.497 e. The number of nitrogens with one attached hydrogen (secondary N) is 2. The lowest BCUT2D eigenvalue weighted by Crippen LogP contribution is -2.38. The van der Waals surface area contributed by atoms with E-state index in [1.807, 2.05) is 31.2 Å². The summed E-state index contributed by atoms with van der Waals surface area (Å²) in [5, 5.41) is 6.62. The summed E-state index contributed by atoms with van der Waals surface area (Å²) in [6, 6.07) is 7.62. The van der Waals surface area contributed by atoms with E-state index >= 15 is 0 Å². The molecule has 0 aromatic heterocycles. The minimum Gasteiger partial charge on any atom is -0.497 e. The number of guanidine groups is 1. The Morgan fingerprint density at radius 1 is 1.12 bits per heavy atom. The first-order chi connectivity index (χ1) is 12.2. The number of ether oxygens (including phenoxy) is 3. The van der Waals surface area contributed by atoms with E-state index in [4.69, 9.17) is 14.2 Å². The first-order valence-corrected chi connectivity index (χ1v) is 9.01. The lowest BCUT2D eigenvalue weighted by Gasteiger charge is -2.15. The van der Waals surface area contributed by atoms with E-state index in [1.54, 1.807) is 14.2 Å². The average molecular weight is 479 g/mol. The summed E-state index contributed by atoms with van der Waals surface area (Å²) < 4.78 is 16.2. The van der Waals surface area contributed by atoms with E-state index in [9.17, 15) is 0 Å². The molecular formula is C19H34IN3O3. The van der Waals surface area contributed by atoms with Crippen molar-refractivity contribution in [2.45, 2.75) is 39.2 Å². The van der Waals surface area contributed by atoms with Crippen LogP contribution in [0.5, 0.6) is 11.5 Å². The highest BCUT2D eigenvalue weighted by molar-refractivity contribution is 14.0. The van der Waals surface area contributed by atoms with Gasteiger partial charge in [0.1, 0.15) is 17.6 Å². The topological polar surface area (TPSA) is 64.1 Å². The van der Waals surface area contributed by atoms with Crippen LogP contribution in [0.25, 0.3) is 0 Å². The number of rotatable bonds is 12. The van der Waals surface area contributed by atoms with Crippen LogP contribution in [0.4, 0.5) is 0 Å². The Labute approximate surface area is 175 Å². The van der Waals surface area contributed by atoms with Crippen molar-refractivity contribution in [2.24, 2.45) is 4.99 Å². The van der Waals surface area contributed by atoms with Crippen LogP contribution in [0.15, 0.2) is 29.3 Å². The molecule has 0 amide bonds. The molecule has 2 N–H and O–H groups in total. The Bertz CT molecular complexity index is 501. The third-order valence-corrected chi connectivity index (χ3v) is 3.55. The highest BCUT2D eigenvalue weighted by Gasteiger charge is 2.05. The first kappa shape index (κ1) is 24.8. The van der Waals surface area contributed by atoms with Gasteiger partial charge in [0.05, 0.1) is 13.7 Å². The van der Waals surface area contributed by atoms with Crippen LogP contribution in [0.2, 0.25) is 0 Å². The molecule has 0 spiro atoms. The molecule has 0 bridgehead atoms. The lowest BCUT2D eigenvalue weighted by molar-refractivity contribution is 0.192. The van der Waals surface area contributed by atoms with Gasteiger partial charge in [0.15, 0.2) is 5.96 Å². The second-order valence-electron chi connectivity index (χ2n) is 5.81. The van der Waals surface area contributed by atoms with Crippen molar-refractivity contribution >= 4 is 29.9 Å². The molecule has 1 aromatic rings. The predicted molar refractivity (Wildman–Crippen MR) is 118 cm³/mol. The highest BCUT2D eigenvalue weighted by Crippen LogP contribution is 2.19. The monoisotopic (exact) mass is 479 g/mol. The average Bonchev–Trinajstić information content (AvgIpc) is 2.62. The van der Waals surface area contributed by atoms with Gasteiger partial charge >= 0.3 is 0 Å². The standard InChI is InChI=1S/C19H33N3O3.HI/c1-5-20-19(21-12-7-6-8-13-23-3)22-15-16(2)25-18-11-9-10-17(14-18)24-4;/h9-11,14,16H,5-8,12-13,15H2,1-4H3,(H2,20,21,22);1H. The molecule has 0 saturated heterocycles. The van der Waals surface area contributed by atoms with Crippen molar-refractivity contribution < 1.29 is 14.2 Å². The summed E-state index contributed by atoms with van der Waals surface area (Å²) in [6.07, 6.45) is 3.32. The van der Waals surface area contributed by atoms with Gasteiger partial charge in [0.25, 0.3) is 0 Å². The summed E-state index contributed by atoms with van der Waals surface area (Å²) >= 11 is 0. The summed E-state index contributed by atoms with van der Waals surface area (Å²) in [7, 11) is 3.39. The third-order valence-electron chi connectivity index (χ3n) is 3.55. The quantitative estimate of drug-likeness (QED) is 0.208. The van der Waals surface area contributed by atoms with Crippen LogP contribution in [-0.4, -0.2) is 52.5 Å². The molecule has 0 radical (unpaired) electrons. The van der Waals surface area contributed by atoms with E-state index < -0.39 is 0 Å². The van der Waals surface area contributed by atoms with E-state index in [1.165, 1.54) is 0 Å². The van der Waals surface area contributed by atoms with Crippen molar-refractivity contribution in [3.8, 4) is 11.5 Å². The minimum atomic E-state index is -0.0238. The fourth-order valence-electron chi connectivity index (χ4n) is 2.26. The van der Waals surface area contributed by atoms with E-state index in [2.05, 4.69) is 22.5 Å². The van der Waals surface area contributed by atoms with Crippen LogP contribution in [0.1, 0.15) is 33.1 Å². The maximum absolute atomic E-state index is 5.90. The van der Waals surface area contributed by atoms with Crippen molar-refractivity contribution in [3.05, 3.63) is 24.3 Å². The Balaban J connectivity index is 0.00000625. The number of methoxy groups -OCH3 is 2. The maximum atomic E-state index is 5.90. The van der Waals surface area contributed by atoms with Gasteiger partial charge in [-0.25, -0.2) is 4.99 Å². The van der Waals surface area contributed by atoms with Gasteiger partial charge in [-0.15, -0.1) is 24.0 Å². The van der Waals surface area contributed by atoms with E-state index in [0.29, 0.717) is 6.54 Å². The van der Waals surface area contributed by atoms with Crippen LogP contribution in [0, 0.1) is 0 Å². The summed E-state index contributed by atoms with van der Waals surface area (Å²) in [5.41, 5.74) is 0. The zero-order valence-corrected chi connectivity index (χ0v) is 18.7. The number of nitrogens with zero attached hydrogens (tertiary/aromatic N) is 1. The lowest BCUT2D eigenvalue weighted by atomic mass is 10.2. The van der Waals surface area contributed by atoms with Crippen LogP contribution >= 0.6 is 24.0 Å². The predicted octanol–water partition coefficient (Wildman–Crippen LogP) is 3.45. The van der Waals surface area contributed by atoms with Gasteiger partial charge in [-0.1, -0.05) is 6.07 Å². The Morgan fingerprint density at radius 2 is 1.88 bits per heavy atom. The molecule has 0 saturated carbocycles. The molecular weight excluding hydrogens is 445 g/mol. The molecule has 150 valence electrons.